The van der Waals surface area contributed by atoms with Crippen molar-refractivity contribution < 1.29 is 19.2 Å². The smallest absolute Gasteiger partial charge is 0.270 e. The zero-order chi connectivity index (χ0) is 23.3. The lowest BCUT2D eigenvalue weighted by molar-refractivity contribution is -0.384. The second-order valence-corrected chi connectivity index (χ2v) is 7.79. The van der Waals surface area contributed by atoms with E-state index in [1.807, 2.05) is 0 Å². The molecule has 0 aliphatic rings. The Kier molecular flexibility index (Phi) is 7.21. The number of carbonyl (C=O) groups is 2. The van der Waals surface area contributed by atoms with Crippen LogP contribution in [-0.2, 0) is 7.05 Å². The Hall–Kier alpha value is -3.73. The van der Waals surface area contributed by atoms with E-state index in [4.69, 9.17) is 4.74 Å². The first kappa shape index (κ1) is 22.9. The molecule has 0 spiro atoms. The van der Waals surface area contributed by atoms with E-state index in [1.54, 1.807) is 49.9 Å². The van der Waals surface area contributed by atoms with Crippen molar-refractivity contribution in [1.29, 1.82) is 0 Å². The van der Waals surface area contributed by atoms with Gasteiger partial charge in [0.25, 0.3) is 11.6 Å². The molecule has 3 rings (SSSR count). The van der Waals surface area contributed by atoms with E-state index in [1.165, 1.54) is 36.0 Å². The lowest BCUT2D eigenvalue weighted by Gasteiger charge is -2.14. The molecule has 1 aromatic heterocycles. The number of methoxy groups -OCH3 is 1. The quantitative estimate of drug-likeness (QED) is 0.225. The molecule has 2 aromatic carbocycles. The molecule has 11 heteroatoms. The fourth-order valence-electron chi connectivity index (χ4n) is 2.92. The summed E-state index contributed by atoms with van der Waals surface area (Å²) in [6.07, 6.45) is 0. The first-order valence-electron chi connectivity index (χ1n) is 9.54. The lowest BCUT2D eigenvalue weighted by Crippen LogP contribution is -2.28. The maximum Gasteiger partial charge on any atom is 0.270 e. The number of nitrogens with one attached hydrogen (secondary N) is 1. The maximum absolute atomic E-state index is 12.5. The summed E-state index contributed by atoms with van der Waals surface area (Å²) >= 11 is 1.17. The largest absolute Gasteiger partial charge is 0.497 e. The highest BCUT2D eigenvalue weighted by Crippen LogP contribution is 2.22. The van der Waals surface area contributed by atoms with Crippen LogP contribution in [0.3, 0.4) is 0 Å². The number of nitro benzene ring substituents is 1. The molecule has 0 unspecified atom stereocenters. The van der Waals surface area contributed by atoms with Crippen molar-refractivity contribution in [3.05, 3.63) is 75.6 Å². The van der Waals surface area contributed by atoms with E-state index in [9.17, 15) is 19.7 Å². The average Bonchev–Trinajstić information content (AvgIpc) is 3.17. The van der Waals surface area contributed by atoms with Gasteiger partial charge in [-0.25, -0.2) is 0 Å². The Bertz CT molecular complexity index is 1150. The van der Waals surface area contributed by atoms with E-state index in [-0.39, 0.29) is 28.7 Å². The molecule has 0 radical (unpaired) electrons. The number of ketones is 1. The number of Topliss-reactive ketones (excluding diaryl/α,β-unsaturated/α-hetero) is 1. The normalized spacial score (nSPS) is 11.6. The van der Waals surface area contributed by atoms with Gasteiger partial charge in [-0.1, -0.05) is 23.9 Å². The number of nitrogens with zero attached hydrogens (tertiary/aromatic N) is 4. The summed E-state index contributed by atoms with van der Waals surface area (Å²) in [4.78, 5) is 35.3. The van der Waals surface area contributed by atoms with Gasteiger partial charge in [0.05, 0.1) is 23.8 Å². The van der Waals surface area contributed by atoms with Crippen molar-refractivity contribution >= 4 is 29.1 Å². The van der Waals surface area contributed by atoms with Crippen molar-refractivity contribution in [1.82, 2.24) is 20.1 Å². The third-order valence-corrected chi connectivity index (χ3v) is 5.69. The number of ether oxygens (including phenoxy) is 1. The van der Waals surface area contributed by atoms with Crippen molar-refractivity contribution in [2.45, 2.75) is 18.1 Å². The minimum atomic E-state index is -0.541. The molecule has 1 atom stereocenters. The molecule has 0 fully saturated rings. The highest BCUT2D eigenvalue weighted by Gasteiger charge is 2.20. The predicted molar refractivity (Wildman–Crippen MR) is 118 cm³/mol. The van der Waals surface area contributed by atoms with Gasteiger partial charge in [-0.3, -0.25) is 19.7 Å². The number of amides is 1. The van der Waals surface area contributed by atoms with Gasteiger partial charge >= 0.3 is 0 Å². The van der Waals surface area contributed by atoms with Gasteiger partial charge in [-0.2, -0.15) is 0 Å². The fraction of sp³-hybridized carbons (Fsp3) is 0.238. The van der Waals surface area contributed by atoms with Crippen LogP contribution in [0, 0.1) is 10.1 Å². The highest BCUT2D eigenvalue weighted by atomic mass is 32.2. The molecule has 0 bridgehead atoms. The number of rotatable bonds is 9. The third-order valence-electron chi connectivity index (χ3n) is 4.67. The number of hydrogen-bond acceptors (Lipinski definition) is 8. The number of aromatic nitrogens is 3. The van der Waals surface area contributed by atoms with E-state index >= 15 is 0 Å². The molecule has 0 aliphatic carbocycles. The number of carbonyl (C=O) groups excluding carboxylic acids is 2. The molecular weight excluding hydrogens is 434 g/mol. The highest BCUT2D eigenvalue weighted by molar-refractivity contribution is 7.99. The van der Waals surface area contributed by atoms with Gasteiger partial charge < -0.3 is 14.6 Å². The van der Waals surface area contributed by atoms with Crippen molar-refractivity contribution in [2.75, 3.05) is 12.9 Å². The number of non-ortho nitro benzene ring substituents is 1. The molecule has 0 aliphatic heterocycles. The van der Waals surface area contributed by atoms with Crippen LogP contribution in [0.15, 0.2) is 53.7 Å². The second kappa shape index (κ2) is 10.1. The summed E-state index contributed by atoms with van der Waals surface area (Å²) < 4.78 is 6.79. The van der Waals surface area contributed by atoms with Gasteiger partial charge in [0.1, 0.15) is 5.75 Å². The Morgan fingerprint density at radius 1 is 1.19 bits per heavy atom. The van der Waals surface area contributed by atoms with Crippen LogP contribution >= 0.6 is 11.8 Å². The second-order valence-electron chi connectivity index (χ2n) is 6.84. The zero-order valence-corrected chi connectivity index (χ0v) is 18.5. The fourth-order valence-corrected chi connectivity index (χ4v) is 3.73. The summed E-state index contributed by atoms with van der Waals surface area (Å²) in [6.45, 7) is 1.79. The summed E-state index contributed by atoms with van der Waals surface area (Å²) in [6, 6.07) is 11.9. The molecule has 10 nitrogen and oxygen atoms in total. The number of nitro groups is 1. The van der Waals surface area contributed by atoms with Gasteiger partial charge in [0.15, 0.2) is 16.8 Å². The first-order chi connectivity index (χ1) is 15.3. The van der Waals surface area contributed by atoms with E-state index < -0.39 is 11.0 Å². The van der Waals surface area contributed by atoms with Crippen LogP contribution in [0.2, 0.25) is 0 Å². The predicted octanol–water partition coefficient (Wildman–Crippen LogP) is 3.20. The number of benzene rings is 2. The Morgan fingerprint density at radius 3 is 2.56 bits per heavy atom. The number of hydrogen-bond donors (Lipinski definition) is 1. The maximum atomic E-state index is 12.5. The average molecular weight is 455 g/mol. The molecule has 1 heterocycles. The van der Waals surface area contributed by atoms with Gasteiger partial charge in [-0.15, -0.1) is 10.2 Å². The minimum absolute atomic E-state index is 0.0414. The standard InChI is InChI=1S/C21H21N5O5S/c1-13(22-20(28)14-7-9-17(31-3)10-8-14)19-23-24-21(25(19)2)32-12-18(27)15-5-4-6-16(11-15)26(29)30/h4-11,13H,12H2,1-3H3,(H,22,28)/t13-/m0/s1. The van der Waals surface area contributed by atoms with E-state index in [2.05, 4.69) is 15.5 Å². The van der Waals surface area contributed by atoms with Crippen LogP contribution in [0.25, 0.3) is 0 Å². The third kappa shape index (κ3) is 5.30. The summed E-state index contributed by atoms with van der Waals surface area (Å²) in [7, 11) is 3.30. The Balaban J connectivity index is 1.62. The van der Waals surface area contributed by atoms with Crippen LogP contribution in [0.4, 0.5) is 5.69 Å². The van der Waals surface area contributed by atoms with Crippen molar-refractivity contribution in [3.8, 4) is 5.75 Å². The zero-order valence-electron chi connectivity index (χ0n) is 17.6. The minimum Gasteiger partial charge on any atom is -0.497 e. The van der Waals surface area contributed by atoms with E-state index in [0.29, 0.717) is 22.3 Å². The molecule has 32 heavy (non-hydrogen) atoms. The molecule has 166 valence electrons. The summed E-state index contributed by atoms with van der Waals surface area (Å²) in [5.41, 5.74) is 0.606. The SMILES string of the molecule is COc1ccc(C(=O)N[C@@H](C)c2nnc(SCC(=O)c3cccc([N+](=O)[O-])c3)n2C)cc1. The van der Waals surface area contributed by atoms with Crippen molar-refractivity contribution in [2.24, 2.45) is 7.05 Å². The lowest BCUT2D eigenvalue weighted by atomic mass is 10.1. The Morgan fingerprint density at radius 2 is 1.91 bits per heavy atom. The van der Waals surface area contributed by atoms with Crippen LogP contribution in [0.5, 0.6) is 5.75 Å². The van der Waals surface area contributed by atoms with E-state index in [0.717, 1.165) is 0 Å². The topological polar surface area (TPSA) is 129 Å². The van der Waals surface area contributed by atoms with Crippen LogP contribution in [0.1, 0.15) is 39.5 Å². The molecule has 0 saturated heterocycles. The first-order valence-corrected chi connectivity index (χ1v) is 10.5. The Labute approximate surface area is 188 Å². The number of thioether (sulfide) groups is 1. The molecular formula is C21H21N5O5S. The molecule has 1 N–H and O–H groups in total. The van der Waals surface area contributed by atoms with Gasteiger partial charge in [0.2, 0.25) is 0 Å². The summed E-state index contributed by atoms with van der Waals surface area (Å²) in [5.74, 6) is 0.698. The van der Waals surface area contributed by atoms with Crippen LogP contribution in [-0.4, -0.2) is 44.2 Å². The molecule has 3 aromatic rings. The van der Waals surface area contributed by atoms with Gasteiger partial charge in [0, 0.05) is 30.3 Å². The molecule has 1 amide bonds. The molecule has 0 saturated carbocycles. The van der Waals surface area contributed by atoms with Crippen LogP contribution < -0.4 is 10.1 Å². The monoisotopic (exact) mass is 455 g/mol. The van der Waals surface area contributed by atoms with Crippen molar-refractivity contribution in [3.63, 3.8) is 0 Å². The summed E-state index contributed by atoms with van der Waals surface area (Å²) in [5, 5.41) is 22.5. The van der Waals surface area contributed by atoms with Gasteiger partial charge in [-0.05, 0) is 31.2 Å².